The minimum atomic E-state index is -0.502. The first-order chi connectivity index (χ1) is 8.13. The van der Waals surface area contributed by atoms with Gasteiger partial charge in [0, 0.05) is 19.1 Å². The Hall–Kier alpha value is -2.13. The Labute approximate surface area is 98.4 Å². The number of hydrogen-bond acceptors (Lipinski definition) is 5. The molecule has 1 atom stereocenters. The Morgan fingerprint density at radius 2 is 2.35 bits per heavy atom. The monoisotopic (exact) mass is 232 g/mol. The predicted octanol–water partition coefficient (Wildman–Crippen LogP) is 1.00. The fourth-order valence-corrected chi connectivity index (χ4v) is 2.07. The van der Waals surface area contributed by atoms with Crippen molar-refractivity contribution in [2.24, 2.45) is 5.73 Å². The second-order valence-electron chi connectivity index (χ2n) is 4.04. The van der Waals surface area contributed by atoms with Crippen LogP contribution in [0, 0.1) is 21.4 Å². The van der Waals surface area contributed by atoms with Crippen LogP contribution in [0.5, 0.6) is 0 Å². The number of anilines is 1. The fourth-order valence-electron chi connectivity index (χ4n) is 2.07. The first kappa shape index (κ1) is 11.4. The summed E-state index contributed by atoms with van der Waals surface area (Å²) in [6.07, 6.45) is 0.813. The van der Waals surface area contributed by atoms with Gasteiger partial charge in [0.2, 0.25) is 0 Å². The quantitative estimate of drug-likeness (QED) is 0.606. The lowest BCUT2D eigenvalue weighted by Gasteiger charge is -2.18. The molecule has 1 aromatic carbocycles. The average Bonchev–Trinajstić information content (AvgIpc) is 2.74. The molecular formula is C11H12N4O2. The summed E-state index contributed by atoms with van der Waals surface area (Å²) in [5.41, 5.74) is 6.24. The highest BCUT2D eigenvalue weighted by molar-refractivity contribution is 5.70. The van der Waals surface area contributed by atoms with Gasteiger partial charge < -0.3 is 10.6 Å². The van der Waals surface area contributed by atoms with Crippen molar-refractivity contribution >= 4 is 11.4 Å². The SMILES string of the molecule is N#Cc1cccc(N2CCC(N)C2)c1[N+](=O)[O-]. The summed E-state index contributed by atoms with van der Waals surface area (Å²) in [5.74, 6) is 0. The zero-order valence-electron chi connectivity index (χ0n) is 9.17. The van der Waals surface area contributed by atoms with Crippen molar-refractivity contribution in [3.63, 3.8) is 0 Å². The Morgan fingerprint density at radius 1 is 1.59 bits per heavy atom. The number of nitriles is 1. The molecule has 1 saturated heterocycles. The van der Waals surface area contributed by atoms with Crippen molar-refractivity contribution in [2.75, 3.05) is 18.0 Å². The zero-order chi connectivity index (χ0) is 12.4. The molecule has 17 heavy (non-hydrogen) atoms. The fraction of sp³-hybridized carbons (Fsp3) is 0.364. The molecule has 1 aliphatic rings. The molecule has 0 radical (unpaired) electrons. The zero-order valence-corrected chi connectivity index (χ0v) is 9.17. The maximum atomic E-state index is 11.0. The van der Waals surface area contributed by atoms with Crippen LogP contribution in [0.2, 0.25) is 0 Å². The topological polar surface area (TPSA) is 96.2 Å². The van der Waals surface area contributed by atoms with E-state index in [1.165, 1.54) is 6.07 Å². The van der Waals surface area contributed by atoms with Gasteiger partial charge in [-0.25, -0.2) is 0 Å². The van der Waals surface area contributed by atoms with Gasteiger partial charge in [0.25, 0.3) is 0 Å². The van der Waals surface area contributed by atoms with Crippen LogP contribution in [0.25, 0.3) is 0 Å². The van der Waals surface area contributed by atoms with Crippen LogP contribution in [-0.4, -0.2) is 24.1 Å². The molecule has 1 aliphatic heterocycles. The molecule has 0 aromatic heterocycles. The lowest BCUT2D eigenvalue weighted by molar-refractivity contribution is -0.384. The molecule has 0 saturated carbocycles. The van der Waals surface area contributed by atoms with Crippen molar-refractivity contribution in [1.82, 2.24) is 0 Å². The third-order valence-corrected chi connectivity index (χ3v) is 2.88. The third-order valence-electron chi connectivity index (χ3n) is 2.88. The maximum Gasteiger partial charge on any atom is 0.310 e. The summed E-state index contributed by atoms with van der Waals surface area (Å²) in [6, 6.07) is 6.67. The molecule has 88 valence electrons. The van der Waals surface area contributed by atoms with Crippen molar-refractivity contribution in [3.05, 3.63) is 33.9 Å². The summed E-state index contributed by atoms with van der Waals surface area (Å²) in [6.45, 7) is 1.28. The van der Waals surface area contributed by atoms with E-state index in [1.54, 1.807) is 12.1 Å². The molecule has 1 aromatic rings. The number of nitrogens with two attached hydrogens (primary N) is 1. The van der Waals surface area contributed by atoms with E-state index in [-0.39, 0.29) is 17.3 Å². The lowest BCUT2D eigenvalue weighted by atomic mass is 10.1. The number of nitro benzene ring substituents is 1. The molecule has 1 unspecified atom stereocenters. The van der Waals surface area contributed by atoms with E-state index in [0.717, 1.165) is 6.42 Å². The molecule has 1 heterocycles. The Balaban J connectivity index is 2.47. The van der Waals surface area contributed by atoms with Crippen LogP contribution >= 0.6 is 0 Å². The van der Waals surface area contributed by atoms with Crippen molar-refractivity contribution in [3.8, 4) is 6.07 Å². The van der Waals surface area contributed by atoms with E-state index in [9.17, 15) is 10.1 Å². The van der Waals surface area contributed by atoms with Crippen LogP contribution in [0.3, 0.4) is 0 Å². The smallest absolute Gasteiger partial charge is 0.310 e. The van der Waals surface area contributed by atoms with Gasteiger partial charge in [-0.2, -0.15) is 5.26 Å². The van der Waals surface area contributed by atoms with Crippen LogP contribution in [0.1, 0.15) is 12.0 Å². The van der Waals surface area contributed by atoms with Gasteiger partial charge in [-0.05, 0) is 18.6 Å². The van der Waals surface area contributed by atoms with E-state index >= 15 is 0 Å². The highest BCUT2D eigenvalue weighted by Gasteiger charge is 2.27. The lowest BCUT2D eigenvalue weighted by Crippen LogP contribution is -2.26. The van der Waals surface area contributed by atoms with Crippen molar-refractivity contribution in [2.45, 2.75) is 12.5 Å². The Kier molecular flexibility index (Phi) is 2.93. The van der Waals surface area contributed by atoms with E-state index in [2.05, 4.69) is 0 Å². The van der Waals surface area contributed by atoms with Crippen LogP contribution < -0.4 is 10.6 Å². The second-order valence-corrected chi connectivity index (χ2v) is 4.04. The largest absolute Gasteiger partial charge is 0.364 e. The van der Waals surface area contributed by atoms with Crippen LogP contribution in [0.15, 0.2) is 18.2 Å². The number of hydrogen-bond donors (Lipinski definition) is 1. The molecule has 1 fully saturated rings. The van der Waals surface area contributed by atoms with Gasteiger partial charge in [0.15, 0.2) is 0 Å². The van der Waals surface area contributed by atoms with Crippen molar-refractivity contribution < 1.29 is 4.92 Å². The highest BCUT2D eigenvalue weighted by atomic mass is 16.6. The molecule has 6 heteroatoms. The molecule has 6 nitrogen and oxygen atoms in total. The van der Waals surface area contributed by atoms with Crippen molar-refractivity contribution in [1.29, 1.82) is 5.26 Å². The summed E-state index contributed by atoms with van der Waals surface area (Å²) in [4.78, 5) is 12.4. The molecule has 0 bridgehead atoms. The highest BCUT2D eigenvalue weighted by Crippen LogP contribution is 2.33. The van der Waals surface area contributed by atoms with Gasteiger partial charge in [-0.15, -0.1) is 0 Å². The number of para-hydroxylation sites is 1. The van der Waals surface area contributed by atoms with Gasteiger partial charge in [0.1, 0.15) is 17.3 Å². The standard InChI is InChI=1S/C11H12N4O2/c12-6-8-2-1-3-10(11(8)15(16)17)14-5-4-9(13)7-14/h1-3,9H,4-5,7,13H2. The van der Waals surface area contributed by atoms with E-state index in [4.69, 9.17) is 11.0 Å². The van der Waals surface area contributed by atoms with Gasteiger partial charge >= 0.3 is 5.69 Å². The number of benzene rings is 1. The summed E-state index contributed by atoms with van der Waals surface area (Å²) < 4.78 is 0. The summed E-state index contributed by atoms with van der Waals surface area (Å²) in [7, 11) is 0. The van der Waals surface area contributed by atoms with Crippen LogP contribution in [0.4, 0.5) is 11.4 Å². The normalized spacial score (nSPS) is 19.1. The Morgan fingerprint density at radius 3 is 2.88 bits per heavy atom. The van der Waals surface area contributed by atoms with E-state index in [1.807, 2.05) is 11.0 Å². The minimum Gasteiger partial charge on any atom is -0.364 e. The predicted molar refractivity (Wildman–Crippen MR) is 62.6 cm³/mol. The third kappa shape index (κ3) is 2.05. The van der Waals surface area contributed by atoms with E-state index < -0.39 is 4.92 Å². The molecule has 0 spiro atoms. The molecule has 0 amide bonds. The maximum absolute atomic E-state index is 11.0. The number of nitrogens with zero attached hydrogens (tertiary/aromatic N) is 3. The van der Waals surface area contributed by atoms with Crippen LogP contribution in [-0.2, 0) is 0 Å². The first-order valence-corrected chi connectivity index (χ1v) is 5.31. The second kappa shape index (κ2) is 4.39. The molecular weight excluding hydrogens is 220 g/mol. The Bertz CT molecular complexity index is 495. The molecule has 2 rings (SSSR count). The number of rotatable bonds is 2. The minimum absolute atomic E-state index is 0.0420. The molecule has 2 N–H and O–H groups in total. The van der Waals surface area contributed by atoms with Gasteiger partial charge in [-0.3, -0.25) is 10.1 Å². The number of nitro groups is 1. The summed E-state index contributed by atoms with van der Waals surface area (Å²) >= 11 is 0. The van der Waals surface area contributed by atoms with Gasteiger partial charge in [-0.1, -0.05) is 6.07 Å². The summed E-state index contributed by atoms with van der Waals surface area (Å²) in [5, 5.41) is 19.9. The van der Waals surface area contributed by atoms with E-state index in [0.29, 0.717) is 18.8 Å². The first-order valence-electron chi connectivity index (χ1n) is 5.31. The molecule has 0 aliphatic carbocycles. The van der Waals surface area contributed by atoms with Gasteiger partial charge in [0.05, 0.1) is 4.92 Å². The average molecular weight is 232 g/mol.